The van der Waals surface area contributed by atoms with Crippen LogP contribution in [0.3, 0.4) is 0 Å². The number of unbranched alkanes of at least 4 members (excludes halogenated alkanes) is 18. The Labute approximate surface area is 245 Å². The fourth-order valence-electron chi connectivity index (χ4n) is 3.98. The van der Waals surface area contributed by atoms with Crippen molar-refractivity contribution in [1.29, 1.82) is 0 Å². The molecule has 0 aliphatic heterocycles. The number of hydrogen-bond donors (Lipinski definition) is 3. The van der Waals surface area contributed by atoms with Gasteiger partial charge in [0.1, 0.15) is 0 Å². The van der Waals surface area contributed by atoms with E-state index >= 15 is 0 Å². The van der Waals surface area contributed by atoms with Crippen molar-refractivity contribution >= 4 is 5.97 Å². The Hall–Kier alpha value is -1.61. The van der Waals surface area contributed by atoms with Gasteiger partial charge in [-0.25, -0.2) is 4.79 Å². The molecule has 0 saturated carbocycles. The maximum Gasteiger partial charge on any atom is 0.382 e. The van der Waals surface area contributed by atoms with Crippen molar-refractivity contribution in [2.75, 3.05) is 52.9 Å². The lowest BCUT2D eigenvalue weighted by atomic mass is 10.0. The third-order valence-electron chi connectivity index (χ3n) is 6.19. The van der Waals surface area contributed by atoms with E-state index in [0.29, 0.717) is 39.6 Å². The van der Waals surface area contributed by atoms with Gasteiger partial charge in [0.2, 0.25) is 0 Å². The van der Waals surface area contributed by atoms with Gasteiger partial charge >= 0.3 is 5.97 Å². The Morgan fingerprint density at radius 2 is 0.875 bits per heavy atom. The molecule has 0 radical (unpaired) electrons. The lowest BCUT2D eigenvalue weighted by Crippen LogP contribution is -2.11. The third kappa shape index (κ3) is 43.4. The number of aliphatic carboxylic acids is 1. The molecule has 3 N–H and O–H groups in total. The van der Waals surface area contributed by atoms with E-state index in [1.54, 1.807) is 0 Å². The maximum absolute atomic E-state index is 10.2. The van der Waals surface area contributed by atoms with Crippen LogP contribution in [0.25, 0.3) is 0 Å². The van der Waals surface area contributed by atoms with Crippen molar-refractivity contribution < 1.29 is 34.3 Å². The first-order valence-electron chi connectivity index (χ1n) is 15.9. The highest BCUT2D eigenvalue weighted by Gasteiger charge is 1.95. The predicted molar refractivity (Wildman–Crippen MR) is 163 cm³/mol. The molecular formula is C33H60O7. The number of hydrogen-bond acceptors (Lipinski definition) is 6. The van der Waals surface area contributed by atoms with Crippen LogP contribution >= 0.6 is 0 Å². The number of carboxylic acids is 1. The molecule has 0 aromatic heterocycles. The van der Waals surface area contributed by atoms with E-state index in [0.717, 1.165) is 12.8 Å². The van der Waals surface area contributed by atoms with Gasteiger partial charge in [-0.15, -0.1) is 0 Å². The van der Waals surface area contributed by atoms with Crippen molar-refractivity contribution in [2.24, 2.45) is 0 Å². The first-order chi connectivity index (χ1) is 19.7. The molecule has 0 saturated heterocycles. The van der Waals surface area contributed by atoms with Gasteiger partial charge in [0, 0.05) is 12.3 Å². The maximum atomic E-state index is 10.2. The van der Waals surface area contributed by atoms with Gasteiger partial charge in [-0.05, 0) is 18.3 Å². The van der Waals surface area contributed by atoms with Crippen molar-refractivity contribution in [2.45, 2.75) is 129 Å². The molecule has 0 amide bonds. The average Bonchev–Trinajstić information content (AvgIpc) is 2.95. The topological polar surface area (TPSA) is 105 Å². The molecule has 0 rings (SSSR count). The Morgan fingerprint density at radius 3 is 1.23 bits per heavy atom. The molecule has 0 bridgehead atoms. The van der Waals surface area contributed by atoms with Gasteiger partial charge in [-0.2, -0.15) is 0 Å². The van der Waals surface area contributed by atoms with E-state index < -0.39 is 5.97 Å². The monoisotopic (exact) mass is 568 g/mol. The van der Waals surface area contributed by atoms with Gasteiger partial charge in [0.25, 0.3) is 0 Å². The molecule has 0 aliphatic rings. The highest BCUT2D eigenvalue weighted by molar-refractivity contribution is 5.87. The molecule has 0 aromatic carbocycles. The van der Waals surface area contributed by atoms with E-state index in [1.165, 1.54) is 109 Å². The SMILES string of the molecule is CCCCCCCCCCCCCCCCCCCCC#CC#CC(=O)O.OCCOCCOCCOCCO. The van der Waals surface area contributed by atoms with Crippen LogP contribution in [0.5, 0.6) is 0 Å². The summed E-state index contributed by atoms with van der Waals surface area (Å²) in [7, 11) is 0. The van der Waals surface area contributed by atoms with Crippen molar-refractivity contribution in [3.63, 3.8) is 0 Å². The normalized spacial score (nSPS) is 10.2. The number of carbonyl (C=O) groups is 1. The Bertz CT molecular complexity index is 606. The number of rotatable bonds is 28. The molecule has 7 nitrogen and oxygen atoms in total. The summed E-state index contributed by atoms with van der Waals surface area (Å²) in [5.74, 6) is 8.71. The van der Waals surface area contributed by atoms with Crippen molar-refractivity contribution in [1.82, 2.24) is 0 Å². The second kappa shape index (κ2) is 39.5. The van der Waals surface area contributed by atoms with E-state index in [9.17, 15) is 4.79 Å². The Kier molecular flexibility index (Phi) is 40.1. The first-order valence-corrected chi connectivity index (χ1v) is 15.9. The summed E-state index contributed by atoms with van der Waals surface area (Å²) in [6.07, 6.45) is 25.7. The lowest BCUT2D eigenvalue weighted by molar-refractivity contribution is -0.130. The fraction of sp³-hybridized carbons (Fsp3) is 0.848. The summed E-state index contributed by atoms with van der Waals surface area (Å²) in [5.41, 5.74) is 0. The van der Waals surface area contributed by atoms with E-state index in [-0.39, 0.29) is 13.2 Å². The van der Waals surface area contributed by atoms with Gasteiger partial charge < -0.3 is 29.5 Å². The van der Waals surface area contributed by atoms with Crippen molar-refractivity contribution in [3.05, 3.63) is 0 Å². The summed E-state index contributed by atoms with van der Waals surface area (Å²) in [6.45, 7) is 5.05. The van der Waals surface area contributed by atoms with E-state index in [4.69, 9.17) is 29.5 Å². The van der Waals surface area contributed by atoms with Crippen molar-refractivity contribution in [3.8, 4) is 23.7 Å². The molecule has 0 heterocycles. The van der Waals surface area contributed by atoms with Gasteiger partial charge in [-0.3, -0.25) is 0 Å². The van der Waals surface area contributed by atoms with Crippen LogP contribution in [-0.4, -0.2) is 74.1 Å². The molecule has 0 fully saturated rings. The number of carboxylic acid groups (broad SMARTS) is 1. The molecule has 7 heteroatoms. The molecule has 0 aliphatic carbocycles. The summed E-state index contributed by atoms with van der Waals surface area (Å²) in [6, 6.07) is 0. The fourth-order valence-corrected chi connectivity index (χ4v) is 3.98. The van der Waals surface area contributed by atoms with Gasteiger partial charge in [0.05, 0.1) is 52.9 Å². The highest BCUT2D eigenvalue weighted by Crippen LogP contribution is 2.14. The molecule has 40 heavy (non-hydrogen) atoms. The van der Waals surface area contributed by atoms with Crippen LogP contribution in [0.1, 0.15) is 129 Å². The summed E-state index contributed by atoms with van der Waals surface area (Å²) in [4.78, 5) is 10.2. The minimum atomic E-state index is -1.11. The zero-order valence-corrected chi connectivity index (χ0v) is 25.6. The minimum absolute atomic E-state index is 0.0413. The predicted octanol–water partition coefficient (Wildman–Crippen LogP) is 6.53. The molecular weight excluding hydrogens is 508 g/mol. The standard InChI is InChI=1S/C25H42O2.C8H18O5/c1-2-3-4-5-6-7-8-9-10-11-12-13-14-15-16-17-18-19-20-21-22-23-24-25(26)27;9-1-3-11-5-7-13-8-6-12-4-2-10/h2-20H2,1H3,(H,26,27);9-10H,1-8H2. The van der Waals surface area contributed by atoms with Gasteiger partial charge in [0.15, 0.2) is 0 Å². The molecule has 0 aromatic rings. The second-order valence-corrected chi connectivity index (χ2v) is 9.90. The molecule has 0 spiro atoms. The molecule has 234 valence electrons. The third-order valence-corrected chi connectivity index (χ3v) is 6.19. The summed E-state index contributed by atoms with van der Waals surface area (Å²) in [5, 5.41) is 25.1. The smallest absolute Gasteiger partial charge is 0.382 e. The number of ether oxygens (including phenoxy) is 3. The van der Waals surface area contributed by atoms with Crippen LogP contribution < -0.4 is 0 Å². The van der Waals surface area contributed by atoms with Crippen LogP contribution in [0, 0.1) is 23.7 Å². The van der Waals surface area contributed by atoms with Crippen LogP contribution in [0.4, 0.5) is 0 Å². The lowest BCUT2D eigenvalue weighted by Gasteiger charge is -2.04. The van der Waals surface area contributed by atoms with Crippen LogP contribution in [-0.2, 0) is 19.0 Å². The van der Waals surface area contributed by atoms with Crippen LogP contribution in [0.2, 0.25) is 0 Å². The summed E-state index contributed by atoms with van der Waals surface area (Å²) < 4.78 is 15.0. The van der Waals surface area contributed by atoms with E-state index in [1.807, 2.05) is 5.92 Å². The number of aliphatic hydroxyl groups excluding tert-OH is 2. The summed E-state index contributed by atoms with van der Waals surface area (Å²) >= 11 is 0. The van der Waals surface area contributed by atoms with E-state index in [2.05, 4.69) is 24.7 Å². The van der Waals surface area contributed by atoms with Gasteiger partial charge in [-0.1, -0.05) is 122 Å². The molecule has 0 atom stereocenters. The number of aliphatic hydroxyl groups is 2. The van der Waals surface area contributed by atoms with Crippen LogP contribution in [0.15, 0.2) is 0 Å². The highest BCUT2D eigenvalue weighted by atomic mass is 16.5. The first kappa shape index (κ1) is 40.5. The zero-order valence-electron chi connectivity index (χ0n) is 25.6. The Balaban J connectivity index is 0. The average molecular weight is 569 g/mol. The quantitative estimate of drug-likeness (QED) is 0.0728. The minimum Gasteiger partial charge on any atom is -0.472 e. The molecule has 0 unspecified atom stereocenters. The largest absolute Gasteiger partial charge is 0.472 e. The zero-order chi connectivity index (χ0) is 29.6. The Morgan fingerprint density at radius 1 is 0.525 bits per heavy atom. The second-order valence-electron chi connectivity index (χ2n) is 9.90.